The first-order valence-electron chi connectivity index (χ1n) is 8.72. The molecule has 1 atom stereocenters. The number of imide groups is 1. The van der Waals surface area contributed by atoms with Crippen LogP contribution in [0.2, 0.25) is 0 Å². The highest BCUT2D eigenvalue weighted by atomic mass is 32.2. The van der Waals surface area contributed by atoms with Gasteiger partial charge < -0.3 is 10.1 Å². The number of carbonyl (C=O) groups is 4. The van der Waals surface area contributed by atoms with Crippen LogP contribution in [0.3, 0.4) is 0 Å². The maximum absolute atomic E-state index is 12.3. The van der Waals surface area contributed by atoms with Crippen molar-refractivity contribution in [2.75, 3.05) is 18.5 Å². The van der Waals surface area contributed by atoms with Crippen LogP contribution in [-0.2, 0) is 14.3 Å². The molecule has 0 bridgehead atoms. The smallest absolute Gasteiger partial charge is 0.307 e. The van der Waals surface area contributed by atoms with Crippen LogP contribution in [0.15, 0.2) is 53.4 Å². The van der Waals surface area contributed by atoms with Gasteiger partial charge in [-0.05, 0) is 24.3 Å². The average molecular weight is 396 g/mol. The summed E-state index contributed by atoms with van der Waals surface area (Å²) in [5.74, 6) is -1.59. The van der Waals surface area contributed by atoms with Gasteiger partial charge in [0.1, 0.15) is 6.61 Å². The van der Waals surface area contributed by atoms with E-state index >= 15 is 0 Å². The Morgan fingerprint density at radius 3 is 2.36 bits per heavy atom. The molecule has 0 saturated carbocycles. The Kier molecular flexibility index (Phi) is 4.87. The van der Waals surface area contributed by atoms with E-state index in [9.17, 15) is 19.2 Å². The van der Waals surface area contributed by atoms with E-state index in [1.165, 1.54) is 11.8 Å². The topological polar surface area (TPSA) is 92.8 Å². The molecule has 2 aliphatic rings. The maximum Gasteiger partial charge on any atom is 0.307 e. The summed E-state index contributed by atoms with van der Waals surface area (Å²) in [6.45, 7) is -0.134. The van der Waals surface area contributed by atoms with Gasteiger partial charge in [0.15, 0.2) is 0 Å². The number of hydrogen-bond acceptors (Lipinski definition) is 6. The van der Waals surface area contributed by atoms with Crippen molar-refractivity contribution in [2.45, 2.75) is 16.6 Å². The molecule has 0 fully saturated rings. The number of rotatable bonds is 5. The van der Waals surface area contributed by atoms with E-state index in [-0.39, 0.29) is 25.5 Å². The fourth-order valence-corrected chi connectivity index (χ4v) is 4.23. The van der Waals surface area contributed by atoms with Crippen LogP contribution < -0.4 is 5.32 Å². The van der Waals surface area contributed by atoms with Gasteiger partial charge in [-0.2, -0.15) is 0 Å². The van der Waals surface area contributed by atoms with Crippen molar-refractivity contribution in [3.05, 3.63) is 59.7 Å². The zero-order valence-corrected chi connectivity index (χ0v) is 15.5. The van der Waals surface area contributed by atoms with Crippen LogP contribution in [0.4, 0.5) is 5.69 Å². The van der Waals surface area contributed by atoms with Crippen molar-refractivity contribution in [3.8, 4) is 0 Å². The van der Waals surface area contributed by atoms with Crippen molar-refractivity contribution in [1.29, 1.82) is 0 Å². The molecule has 0 spiro atoms. The number of ether oxygens (including phenoxy) is 1. The standard InChI is InChI=1S/C20H16N2O5S/c23-17(11-16-18(24)21-14-7-3-4-8-15(14)28-16)27-10-9-22-19(25)12-5-1-2-6-13(12)20(22)26/h1-8,16H,9-11H2,(H,21,24)/t16-/m1/s1. The molecule has 2 aliphatic heterocycles. The molecule has 4 rings (SSSR count). The Hall–Kier alpha value is -3.13. The van der Waals surface area contributed by atoms with E-state index in [2.05, 4.69) is 5.32 Å². The van der Waals surface area contributed by atoms with E-state index in [1.807, 2.05) is 18.2 Å². The predicted molar refractivity (Wildman–Crippen MR) is 102 cm³/mol. The molecule has 2 heterocycles. The molecule has 0 saturated heterocycles. The maximum atomic E-state index is 12.3. The van der Waals surface area contributed by atoms with E-state index in [0.717, 1.165) is 15.5 Å². The molecule has 2 aromatic rings. The fourth-order valence-electron chi connectivity index (χ4n) is 3.13. The normalized spacial score (nSPS) is 17.8. The number of para-hydroxylation sites is 1. The van der Waals surface area contributed by atoms with Crippen molar-refractivity contribution in [2.24, 2.45) is 0 Å². The third-order valence-electron chi connectivity index (χ3n) is 4.51. The summed E-state index contributed by atoms with van der Waals surface area (Å²) in [6.07, 6.45) is -0.0903. The lowest BCUT2D eigenvalue weighted by molar-refractivity contribution is -0.144. The first kappa shape index (κ1) is 18.2. The minimum Gasteiger partial charge on any atom is -0.464 e. The minimum atomic E-state index is -0.582. The SMILES string of the molecule is O=C(C[C@H]1Sc2ccccc2NC1=O)OCCN1C(=O)c2ccccc2C1=O. The van der Waals surface area contributed by atoms with Crippen molar-refractivity contribution in [3.63, 3.8) is 0 Å². The highest BCUT2D eigenvalue weighted by Crippen LogP contribution is 2.36. The molecule has 7 nitrogen and oxygen atoms in total. The van der Waals surface area contributed by atoms with Crippen molar-refractivity contribution >= 4 is 41.1 Å². The molecular formula is C20H16N2O5S. The molecule has 8 heteroatoms. The van der Waals surface area contributed by atoms with Crippen LogP contribution >= 0.6 is 11.8 Å². The summed E-state index contributed by atoms with van der Waals surface area (Å²) in [5, 5.41) is 2.19. The van der Waals surface area contributed by atoms with Crippen molar-refractivity contribution < 1.29 is 23.9 Å². The number of carbonyl (C=O) groups excluding carboxylic acids is 4. The number of anilines is 1. The van der Waals surface area contributed by atoms with Gasteiger partial charge in [-0.15, -0.1) is 11.8 Å². The molecule has 28 heavy (non-hydrogen) atoms. The molecule has 2 aromatic carbocycles. The summed E-state index contributed by atoms with van der Waals surface area (Å²) < 4.78 is 5.16. The van der Waals surface area contributed by atoms with E-state index in [1.54, 1.807) is 30.3 Å². The summed E-state index contributed by atoms with van der Waals surface area (Å²) >= 11 is 1.31. The third kappa shape index (κ3) is 3.38. The lowest BCUT2D eigenvalue weighted by atomic mass is 10.1. The number of esters is 1. The second-order valence-electron chi connectivity index (χ2n) is 6.32. The Bertz CT molecular complexity index is 955. The Balaban J connectivity index is 1.30. The number of nitrogens with one attached hydrogen (secondary N) is 1. The van der Waals surface area contributed by atoms with E-state index in [0.29, 0.717) is 11.1 Å². The fraction of sp³-hybridized carbons (Fsp3) is 0.200. The van der Waals surface area contributed by atoms with Gasteiger partial charge in [0.25, 0.3) is 11.8 Å². The molecule has 0 aliphatic carbocycles. The van der Waals surface area contributed by atoms with Gasteiger partial charge >= 0.3 is 5.97 Å². The molecule has 0 unspecified atom stereocenters. The largest absolute Gasteiger partial charge is 0.464 e. The number of amides is 3. The van der Waals surface area contributed by atoms with Crippen molar-refractivity contribution in [1.82, 2.24) is 4.90 Å². The van der Waals surface area contributed by atoms with Gasteiger partial charge in [-0.1, -0.05) is 24.3 Å². The minimum absolute atomic E-state index is 0.0229. The highest BCUT2D eigenvalue weighted by Gasteiger charge is 2.35. The highest BCUT2D eigenvalue weighted by molar-refractivity contribution is 8.01. The van der Waals surface area contributed by atoms with Crippen LogP contribution in [0.25, 0.3) is 0 Å². The lowest BCUT2D eigenvalue weighted by Gasteiger charge is -2.23. The van der Waals surface area contributed by atoms with Gasteiger partial charge in [-0.3, -0.25) is 24.1 Å². The number of nitrogens with zero attached hydrogens (tertiary/aromatic N) is 1. The van der Waals surface area contributed by atoms with Crippen LogP contribution in [-0.4, -0.2) is 47.0 Å². The first-order valence-corrected chi connectivity index (χ1v) is 9.60. The number of benzene rings is 2. The van der Waals surface area contributed by atoms with E-state index in [4.69, 9.17) is 4.74 Å². The quantitative estimate of drug-likeness (QED) is 0.616. The van der Waals surface area contributed by atoms with Crippen LogP contribution in [0.1, 0.15) is 27.1 Å². The van der Waals surface area contributed by atoms with Gasteiger partial charge in [-0.25, -0.2) is 0 Å². The Morgan fingerprint density at radius 1 is 1.00 bits per heavy atom. The van der Waals surface area contributed by atoms with Crippen LogP contribution in [0.5, 0.6) is 0 Å². The van der Waals surface area contributed by atoms with Gasteiger partial charge in [0.05, 0.1) is 35.0 Å². The zero-order chi connectivity index (χ0) is 19.7. The van der Waals surface area contributed by atoms with Crippen LogP contribution in [0, 0.1) is 0 Å². The molecule has 0 aromatic heterocycles. The average Bonchev–Trinajstić information content (AvgIpc) is 2.94. The molecule has 0 radical (unpaired) electrons. The molecule has 142 valence electrons. The second-order valence-corrected chi connectivity index (χ2v) is 7.57. The van der Waals surface area contributed by atoms with E-state index < -0.39 is 23.0 Å². The monoisotopic (exact) mass is 396 g/mol. The number of thioether (sulfide) groups is 1. The lowest BCUT2D eigenvalue weighted by Crippen LogP contribution is -2.34. The Morgan fingerprint density at radius 2 is 1.64 bits per heavy atom. The molecule has 1 N–H and O–H groups in total. The third-order valence-corrected chi connectivity index (χ3v) is 5.79. The summed E-state index contributed by atoms with van der Waals surface area (Å²) in [6, 6.07) is 13.9. The van der Waals surface area contributed by atoms with Gasteiger partial charge in [0.2, 0.25) is 5.91 Å². The first-order chi connectivity index (χ1) is 13.5. The predicted octanol–water partition coefficient (Wildman–Crippen LogP) is 2.33. The summed E-state index contributed by atoms with van der Waals surface area (Å²) in [4.78, 5) is 50.8. The number of fused-ring (bicyclic) bond motifs is 2. The molecule has 3 amide bonds. The second kappa shape index (κ2) is 7.47. The van der Waals surface area contributed by atoms with Gasteiger partial charge in [0, 0.05) is 4.90 Å². The molecular weight excluding hydrogens is 380 g/mol. The summed E-state index contributed by atoms with van der Waals surface area (Å²) in [5.41, 5.74) is 1.44. The zero-order valence-electron chi connectivity index (χ0n) is 14.7. The summed E-state index contributed by atoms with van der Waals surface area (Å²) in [7, 11) is 0. The Labute approximate surface area is 165 Å². The number of hydrogen-bond donors (Lipinski definition) is 1.